The number of esters is 4. The van der Waals surface area contributed by atoms with Crippen LogP contribution >= 0.6 is 15.6 Å². The van der Waals surface area contributed by atoms with Gasteiger partial charge < -0.3 is 33.8 Å². The van der Waals surface area contributed by atoms with E-state index in [4.69, 9.17) is 37.0 Å². The van der Waals surface area contributed by atoms with E-state index < -0.39 is 97.5 Å². The van der Waals surface area contributed by atoms with Crippen molar-refractivity contribution in [2.75, 3.05) is 39.6 Å². The molecule has 0 heterocycles. The Labute approximate surface area is 581 Å². The highest BCUT2D eigenvalue weighted by Gasteiger charge is 2.30. The first-order valence-electron chi connectivity index (χ1n) is 39.2. The van der Waals surface area contributed by atoms with Crippen molar-refractivity contribution in [1.29, 1.82) is 0 Å². The summed E-state index contributed by atoms with van der Waals surface area (Å²) in [6.45, 7) is 14.2. The van der Waals surface area contributed by atoms with E-state index >= 15 is 0 Å². The van der Waals surface area contributed by atoms with Gasteiger partial charge in [-0.1, -0.05) is 331 Å². The summed E-state index contributed by atoms with van der Waals surface area (Å²) in [4.78, 5) is 72.8. The molecule has 0 aliphatic carbocycles. The van der Waals surface area contributed by atoms with E-state index in [1.54, 1.807) is 0 Å². The molecule has 0 aliphatic rings. The zero-order chi connectivity index (χ0) is 70.3. The van der Waals surface area contributed by atoms with Gasteiger partial charge in [-0.25, -0.2) is 9.13 Å². The van der Waals surface area contributed by atoms with Crippen LogP contribution in [0.3, 0.4) is 0 Å². The molecule has 95 heavy (non-hydrogen) atoms. The maximum Gasteiger partial charge on any atom is 0.472 e. The van der Waals surface area contributed by atoms with Gasteiger partial charge in [-0.3, -0.25) is 37.3 Å². The number of rotatable bonds is 73. The SMILES string of the molecule is CCC(C)CCCCCCCCCCCCC(=O)O[C@H](COC(=O)CCCCCCCCCCCCCCCCCC(C)C)COP(=O)(O)OCC(O)COP(=O)(O)OC[C@@H](COC(=O)CCCCCCCCCC(C)C)OC(=O)CCCCCCCCCCCCC(C)C. The largest absolute Gasteiger partial charge is 0.472 e. The van der Waals surface area contributed by atoms with Gasteiger partial charge in [-0.05, 0) is 49.4 Å². The normalized spacial score (nSPS) is 14.4. The van der Waals surface area contributed by atoms with Crippen molar-refractivity contribution in [3.05, 3.63) is 0 Å². The summed E-state index contributed by atoms with van der Waals surface area (Å²) in [6, 6.07) is 0. The topological polar surface area (TPSA) is 237 Å². The molecule has 0 aromatic rings. The summed E-state index contributed by atoms with van der Waals surface area (Å²) in [5.41, 5.74) is 0. The Bertz CT molecular complexity index is 1870. The quantitative estimate of drug-likeness (QED) is 0.0222. The molecule has 6 atom stereocenters. The molecule has 564 valence electrons. The minimum absolute atomic E-state index is 0.105. The summed E-state index contributed by atoms with van der Waals surface area (Å²) >= 11 is 0. The van der Waals surface area contributed by atoms with Gasteiger partial charge in [0.25, 0.3) is 0 Å². The molecule has 0 aromatic carbocycles. The second-order valence-electron chi connectivity index (χ2n) is 29.1. The first-order chi connectivity index (χ1) is 45.6. The molecule has 0 bridgehead atoms. The Hall–Kier alpha value is -1.94. The predicted octanol–water partition coefficient (Wildman–Crippen LogP) is 22.0. The molecule has 0 spiro atoms. The standard InChI is InChI=1S/C76H148O17P2/c1-9-69(8)55-47-39-31-23-18-20-26-34-43-51-59-76(81)92-71(62-86-73(78)56-48-40-32-24-16-14-12-10-11-13-15-21-28-36-44-52-66(2)3)64-90-94(82,83)88-60-70(77)61-89-95(84,85)91-65-72(63-87-74(79)57-49-41-35-27-30-38-46-54-68(6)7)93-75(80)58-50-42-33-25-19-17-22-29-37-45-53-67(4)5/h66-72,77H,9-65H2,1-8H3,(H,82,83)(H,84,85)/t69?,70?,71-,72-/m1/s1. The van der Waals surface area contributed by atoms with Crippen LogP contribution in [-0.4, -0.2) is 96.7 Å². The molecule has 17 nitrogen and oxygen atoms in total. The average molecular weight is 1400 g/mol. The van der Waals surface area contributed by atoms with Crippen molar-refractivity contribution in [3.8, 4) is 0 Å². The number of phosphoric acid groups is 2. The van der Waals surface area contributed by atoms with Gasteiger partial charge >= 0.3 is 39.5 Å². The Balaban J connectivity index is 5.24. The van der Waals surface area contributed by atoms with Gasteiger partial charge in [0.2, 0.25) is 0 Å². The summed E-state index contributed by atoms with van der Waals surface area (Å²) in [5, 5.41) is 10.6. The van der Waals surface area contributed by atoms with E-state index in [2.05, 4.69) is 55.4 Å². The predicted molar refractivity (Wildman–Crippen MR) is 386 cm³/mol. The molecule has 0 radical (unpaired) electrons. The number of hydrogen-bond donors (Lipinski definition) is 3. The Morgan fingerprint density at radius 2 is 0.505 bits per heavy atom. The zero-order valence-electron chi connectivity index (χ0n) is 62.3. The van der Waals surface area contributed by atoms with Crippen LogP contribution in [0.1, 0.15) is 383 Å². The van der Waals surface area contributed by atoms with E-state index in [0.29, 0.717) is 31.6 Å². The third kappa shape index (κ3) is 69.0. The lowest BCUT2D eigenvalue weighted by Crippen LogP contribution is -2.30. The van der Waals surface area contributed by atoms with Crippen molar-refractivity contribution in [3.63, 3.8) is 0 Å². The fourth-order valence-electron chi connectivity index (χ4n) is 11.5. The number of phosphoric ester groups is 2. The first kappa shape index (κ1) is 93.1. The van der Waals surface area contributed by atoms with Crippen LogP contribution in [-0.2, 0) is 65.4 Å². The molecule has 3 N–H and O–H groups in total. The minimum Gasteiger partial charge on any atom is -0.462 e. The number of carbonyl (C=O) groups is 4. The maximum atomic E-state index is 13.1. The maximum absolute atomic E-state index is 13.1. The fourth-order valence-corrected chi connectivity index (χ4v) is 13.1. The zero-order valence-corrected chi connectivity index (χ0v) is 64.1. The van der Waals surface area contributed by atoms with Crippen LogP contribution < -0.4 is 0 Å². The van der Waals surface area contributed by atoms with Gasteiger partial charge in [0, 0.05) is 25.7 Å². The number of unbranched alkanes of at least 4 members (excludes halogenated alkanes) is 38. The molecule has 0 saturated carbocycles. The number of hydrogen-bond acceptors (Lipinski definition) is 15. The third-order valence-corrected chi connectivity index (χ3v) is 19.8. The molecule has 19 heteroatoms. The summed E-state index contributed by atoms with van der Waals surface area (Å²) in [7, 11) is -9.91. The monoisotopic (exact) mass is 1400 g/mol. The smallest absolute Gasteiger partial charge is 0.462 e. The first-order valence-corrected chi connectivity index (χ1v) is 42.2. The molecular formula is C76H148O17P2. The molecule has 0 amide bonds. The van der Waals surface area contributed by atoms with Crippen molar-refractivity contribution in [2.45, 2.75) is 401 Å². The molecule has 0 saturated heterocycles. The highest BCUT2D eigenvalue weighted by atomic mass is 31.2. The van der Waals surface area contributed by atoms with Crippen LogP contribution in [0.4, 0.5) is 0 Å². The molecular weight excluding hydrogens is 1250 g/mol. The van der Waals surface area contributed by atoms with Gasteiger partial charge in [-0.15, -0.1) is 0 Å². The van der Waals surface area contributed by atoms with Crippen LogP contribution in [0.25, 0.3) is 0 Å². The lowest BCUT2D eigenvalue weighted by atomic mass is 9.99. The summed E-state index contributed by atoms with van der Waals surface area (Å²) < 4.78 is 68.5. The number of carbonyl (C=O) groups excluding carboxylic acids is 4. The van der Waals surface area contributed by atoms with Crippen molar-refractivity contribution in [2.24, 2.45) is 23.7 Å². The number of aliphatic hydroxyl groups is 1. The summed E-state index contributed by atoms with van der Waals surface area (Å²) in [5.74, 6) is 0.945. The van der Waals surface area contributed by atoms with Crippen LogP contribution in [0.2, 0.25) is 0 Å². The van der Waals surface area contributed by atoms with E-state index in [0.717, 1.165) is 114 Å². The van der Waals surface area contributed by atoms with E-state index in [1.807, 2.05) is 0 Å². The molecule has 0 aliphatic heterocycles. The van der Waals surface area contributed by atoms with E-state index in [9.17, 15) is 43.2 Å². The lowest BCUT2D eigenvalue weighted by Gasteiger charge is -2.21. The fraction of sp³-hybridized carbons (Fsp3) is 0.947. The molecule has 4 unspecified atom stereocenters. The third-order valence-electron chi connectivity index (χ3n) is 17.9. The Morgan fingerprint density at radius 3 is 0.747 bits per heavy atom. The molecule has 0 rings (SSSR count). The molecule has 0 aromatic heterocycles. The average Bonchev–Trinajstić information content (AvgIpc) is 3.45. The number of aliphatic hydroxyl groups excluding tert-OH is 1. The van der Waals surface area contributed by atoms with Crippen LogP contribution in [0, 0.1) is 23.7 Å². The molecule has 0 fully saturated rings. The summed E-state index contributed by atoms with van der Waals surface area (Å²) in [6.07, 6.45) is 50.0. The second kappa shape index (κ2) is 65.4. The van der Waals surface area contributed by atoms with Crippen LogP contribution in [0.5, 0.6) is 0 Å². The number of ether oxygens (including phenoxy) is 4. The Morgan fingerprint density at radius 1 is 0.295 bits per heavy atom. The van der Waals surface area contributed by atoms with Crippen molar-refractivity contribution < 1.29 is 80.2 Å². The van der Waals surface area contributed by atoms with E-state index in [1.165, 1.54) is 180 Å². The highest BCUT2D eigenvalue weighted by molar-refractivity contribution is 7.47. The van der Waals surface area contributed by atoms with Crippen molar-refractivity contribution >= 4 is 39.5 Å². The van der Waals surface area contributed by atoms with Crippen LogP contribution in [0.15, 0.2) is 0 Å². The lowest BCUT2D eigenvalue weighted by molar-refractivity contribution is -0.161. The van der Waals surface area contributed by atoms with Gasteiger partial charge in [0.1, 0.15) is 19.3 Å². The Kier molecular flexibility index (Phi) is 64.0. The minimum atomic E-state index is -4.96. The van der Waals surface area contributed by atoms with Gasteiger partial charge in [0.15, 0.2) is 12.2 Å². The van der Waals surface area contributed by atoms with Gasteiger partial charge in [-0.2, -0.15) is 0 Å². The van der Waals surface area contributed by atoms with Gasteiger partial charge in [0.05, 0.1) is 26.4 Å². The second-order valence-corrected chi connectivity index (χ2v) is 32.0. The highest BCUT2D eigenvalue weighted by Crippen LogP contribution is 2.45. The van der Waals surface area contributed by atoms with E-state index in [-0.39, 0.29) is 25.7 Å². The van der Waals surface area contributed by atoms with Crippen molar-refractivity contribution in [1.82, 2.24) is 0 Å².